The van der Waals surface area contributed by atoms with Gasteiger partial charge in [-0.2, -0.15) is 0 Å². The normalized spacial score (nSPS) is 11.6. The smallest absolute Gasteiger partial charge is 0.333 e. The van der Waals surface area contributed by atoms with E-state index in [0.717, 1.165) is 22.3 Å². The molecule has 0 spiro atoms. The van der Waals surface area contributed by atoms with Crippen LogP contribution in [0.5, 0.6) is 0 Å². The van der Waals surface area contributed by atoms with Crippen molar-refractivity contribution >= 4 is 33.3 Å². The maximum Gasteiger partial charge on any atom is 0.333 e. The minimum atomic E-state index is -3.99. The summed E-state index contributed by atoms with van der Waals surface area (Å²) in [5.41, 5.74) is 3.93. The number of rotatable bonds is 9. The number of nitrogens with one attached hydrogen (secondary N) is 2. The fraction of sp³-hybridized carbons (Fsp3) is 0.160. The van der Waals surface area contributed by atoms with Crippen LogP contribution in [0.25, 0.3) is 5.57 Å². The first-order valence-corrected chi connectivity index (χ1v) is 12.1. The molecule has 8 nitrogen and oxygen atoms in total. The number of aromatic nitrogens is 1. The number of unbranched alkanes of at least 4 members (excludes halogenated alkanes) is 1. The minimum absolute atomic E-state index is 0.00209. The predicted octanol–water partition coefficient (Wildman–Crippen LogP) is 4.59. The van der Waals surface area contributed by atoms with E-state index >= 15 is 0 Å². The van der Waals surface area contributed by atoms with E-state index in [4.69, 9.17) is 5.11 Å². The number of allylic oxidation sites excluding steroid dienone is 1. The molecule has 0 unspecified atom stereocenters. The van der Waals surface area contributed by atoms with E-state index in [2.05, 4.69) is 10.3 Å². The van der Waals surface area contributed by atoms with E-state index in [1.54, 1.807) is 48.8 Å². The number of aryl methyl sites for hydroxylation is 1. The molecule has 2 amide bonds. The molecule has 0 bridgehead atoms. The molecule has 3 N–H and O–H groups in total. The summed E-state index contributed by atoms with van der Waals surface area (Å²) in [5.74, 6) is -0.838. The highest BCUT2D eigenvalue weighted by molar-refractivity contribution is 7.90. The van der Waals surface area contributed by atoms with Crippen molar-refractivity contribution in [1.82, 2.24) is 9.71 Å². The molecule has 1 heterocycles. The average Bonchev–Trinajstić information content (AvgIpc) is 2.80. The van der Waals surface area contributed by atoms with Crippen molar-refractivity contribution in [2.45, 2.75) is 31.1 Å². The van der Waals surface area contributed by atoms with Crippen LogP contribution in [0, 0.1) is 6.92 Å². The second-order valence-electron chi connectivity index (χ2n) is 7.60. The Morgan fingerprint density at radius 1 is 1.00 bits per heavy atom. The number of carbonyl (C=O) groups excluding carboxylic acids is 1. The van der Waals surface area contributed by atoms with E-state index in [0.29, 0.717) is 18.5 Å². The van der Waals surface area contributed by atoms with Gasteiger partial charge in [-0.05, 0) is 61.2 Å². The van der Waals surface area contributed by atoms with Gasteiger partial charge in [0, 0.05) is 30.1 Å². The Kier molecular flexibility index (Phi) is 8.15. The van der Waals surface area contributed by atoms with Gasteiger partial charge in [0.25, 0.3) is 10.0 Å². The van der Waals surface area contributed by atoms with Gasteiger partial charge in [0.05, 0.1) is 4.90 Å². The number of amides is 2. The molecule has 0 aliphatic heterocycles. The number of aliphatic carboxylic acids is 1. The molecule has 0 aliphatic carbocycles. The molecular formula is C25H25N3O5S. The summed E-state index contributed by atoms with van der Waals surface area (Å²) in [6.07, 6.45) is 6.52. The molecular weight excluding hydrogens is 454 g/mol. The second kappa shape index (κ2) is 11.2. The number of carboxylic acids is 1. The lowest BCUT2D eigenvalue weighted by Crippen LogP contribution is -2.34. The van der Waals surface area contributed by atoms with E-state index in [1.165, 1.54) is 12.1 Å². The van der Waals surface area contributed by atoms with Crippen LogP contribution in [-0.2, 0) is 14.8 Å². The van der Waals surface area contributed by atoms with Crippen molar-refractivity contribution in [3.63, 3.8) is 0 Å². The number of nitrogens with zero attached hydrogens (tertiary/aromatic N) is 1. The van der Waals surface area contributed by atoms with Gasteiger partial charge in [0.1, 0.15) is 0 Å². The molecule has 0 aliphatic rings. The van der Waals surface area contributed by atoms with Crippen LogP contribution in [0.2, 0.25) is 0 Å². The molecule has 0 saturated heterocycles. The van der Waals surface area contributed by atoms with Crippen LogP contribution in [-0.4, -0.2) is 30.5 Å². The Balaban J connectivity index is 1.71. The van der Waals surface area contributed by atoms with Gasteiger partial charge in [-0.15, -0.1) is 0 Å². The fourth-order valence-corrected chi connectivity index (χ4v) is 4.12. The number of carboxylic acid groups (broad SMARTS) is 1. The lowest BCUT2D eigenvalue weighted by Gasteiger charge is -2.11. The predicted molar refractivity (Wildman–Crippen MR) is 130 cm³/mol. The maximum atomic E-state index is 12.4. The molecule has 176 valence electrons. The molecule has 0 fully saturated rings. The molecule has 3 aromatic rings. The highest BCUT2D eigenvalue weighted by atomic mass is 32.2. The Morgan fingerprint density at radius 3 is 2.32 bits per heavy atom. The summed E-state index contributed by atoms with van der Waals surface area (Å²) in [5, 5.41) is 11.4. The number of benzene rings is 2. The number of urea groups is 1. The SMILES string of the molecule is Cc1ccc(S(=O)(=O)NC(=O)Nc2ccc(C(=CCCCC(=O)O)c3cccnc3)cc2)cc1. The molecule has 34 heavy (non-hydrogen) atoms. The third kappa shape index (κ3) is 7.01. The van der Waals surface area contributed by atoms with Crippen molar-refractivity contribution in [3.8, 4) is 0 Å². The standard InChI is InChI=1S/C25H25N3O5S/c1-18-8-14-22(15-9-18)34(32,33)28-25(31)27-21-12-10-19(11-13-21)23(6-2-3-7-24(29)30)20-5-4-16-26-17-20/h4-6,8-17H,2-3,7H2,1H3,(H,29,30)(H2,27,28,31). The highest BCUT2D eigenvalue weighted by Crippen LogP contribution is 2.25. The lowest BCUT2D eigenvalue weighted by molar-refractivity contribution is -0.137. The zero-order chi connectivity index (χ0) is 24.6. The van der Waals surface area contributed by atoms with Crippen LogP contribution in [0.3, 0.4) is 0 Å². The van der Waals surface area contributed by atoms with Gasteiger partial charge in [0.2, 0.25) is 0 Å². The van der Waals surface area contributed by atoms with Crippen molar-refractivity contribution in [3.05, 3.63) is 95.8 Å². The Bertz CT molecular complexity index is 1270. The van der Waals surface area contributed by atoms with Crippen molar-refractivity contribution in [2.75, 3.05) is 5.32 Å². The zero-order valence-corrected chi connectivity index (χ0v) is 19.4. The van der Waals surface area contributed by atoms with Crippen LogP contribution in [0.4, 0.5) is 10.5 Å². The van der Waals surface area contributed by atoms with Crippen molar-refractivity contribution in [1.29, 1.82) is 0 Å². The first-order chi connectivity index (χ1) is 16.2. The molecule has 2 aromatic carbocycles. The largest absolute Gasteiger partial charge is 0.481 e. The van der Waals surface area contributed by atoms with E-state index in [-0.39, 0.29) is 11.3 Å². The van der Waals surface area contributed by atoms with Gasteiger partial charge < -0.3 is 10.4 Å². The maximum absolute atomic E-state index is 12.4. The highest BCUT2D eigenvalue weighted by Gasteiger charge is 2.17. The summed E-state index contributed by atoms with van der Waals surface area (Å²) in [6, 6.07) is 15.9. The number of hydrogen-bond donors (Lipinski definition) is 3. The Labute approximate surface area is 198 Å². The van der Waals surface area contributed by atoms with Gasteiger partial charge in [-0.25, -0.2) is 17.9 Å². The number of hydrogen-bond acceptors (Lipinski definition) is 5. The van der Waals surface area contributed by atoms with Crippen LogP contribution in [0.15, 0.2) is 84.0 Å². The van der Waals surface area contributed by atoms with E-state index in [9.17, 15) is 18.0 Å². The summed E-state index contributed by atoms with van der Waals surface area (Å²) < 4.78 is 26.8. The van der Waals surface area contributed by atoms with E-state index in [1.807, 2.05) is 29.9 Å². The summed E-state index contributed by atoms with van der Waals surface area (Å²) in [4.78, 5) is 27.2. The molecule has 0 radical (unpaired) electrons. The third-order valence-corrected chi connectivity index (χ3v) is 6.27. The second-order valence-corrected chi connectivity index (χ2v) is 9.28. The quantitative estimate of drug-likeness (QED) is 0.386. The summed E-state index contributed by atoms with van der Waals surface area (Å²) in [6.45, 7) is 1.84. The molecule has 3 rings (SSSR count). The first kappa shape index (κ1) is 24.7. The fourth-order valence-electron chi connectivity index (χ4n) is 3.21. The average molecular weight is 480 g/mol. The van der Waals surface area contributed by atoms with Gasteiger partial charge in [-0.3, -0.25) is 9.78 Å². The molecule has 0 atom stereocenters. The number of sulfonamides is 1. The number of pyridine rings is 1. The molecule has 1 aromatic heterocycles. The number of anilines is 1. The van der Waals surface area contributed by atoms with Gasteiger partial charge in [0.15, 0.2) is 0 Å². The summed E-state index contributed by atoms with van der Waals surface area (Å²) >= 11 is 0. The Morgan fingerprint density at radius 2 is 1.71 bits per heavy atom. The topological polar surface area (TPSA) is 125 Å². The molecule has 9 heteroatoms. The lowest BCUT2D eigenvalue weighted by atomic mass is 9.97. The van der Waals surface area contributed by atoms with Crippen molar-refractivity contribution in [2.24, 2.45) is 0 Å². The van der Waals surface area contributed by atoms with E-state index < -0.39 is 22.0 Å². The van der Waals surface area contributed by atoms with Crippen molar-refractivity contribution < 1.29 is 23.1 Å². The third-order valence-electron chi connectivity index (χ3n) is 4.93. The zero-order valence-electron chi connectivity index (χ0n) is 18.6. The Hall–Kier alpha value is -3.98. The summed E-state index contributed by atoms with van der Waals surface area (Å²) in [7, 11) is -3.99. The van der Waals surface area contributed by atoms with Crippen LogP contribution in [0.1, 0.15) is 36.0 Å². The monoisotopic (exact) mass is 479 g/mol. The van der Waals surface area contributed by atoms with Gasteiger partial charge in [-0.1, -0.05) is 42.0 Å². The van der Waals surface area contributed by atoms with Gasteiger partial charge >= 0.3 is 12.0 Å². The minimum Gasteiger partial charge on any atom is -0.481 e. The molecule has 0 saturated carbocycles. The first-order valence-electron chi connectivity index (χ1n) is 10.6. The van der Waals surface area contributed by atoms with Crippen LogP contribution >= 0.6 is 0 Å². The van der Waals surface area contributed by atoms with Crippen LogP contribution < -0.4 is 10.0 Å². The number of carbonyl (C=O) groups is 2.